The third-order valence-corrected chi connectivity index (χ3v) is 6.00. The molecule has 0 aliphatic rings. The van der Waals surface area contributed by atoms with E-state index < -0.39 is 10.0 Å². The van der Waals surface area contributed by atoms with Crippen molar-refractivity contribution in [1.82, 2.24) is 14.9 Å². The summed E-state index contributed by atoms with van der Waals surface area (Å²) in [6.45, 7) is 8.90. The molecule has 1 unspecified atom stereocenters. The number of aliphatic imine (C=N–C) groups is 1. The van der Waals surface area contributed by atoms with Crippen molar-refractivity contribution >= 4 is 40.0 Å². The summed E-state index contributed by atoms with van der Waals surface area (Å²) in [7, 11) is -1.57. The number of hydrogen-bond donors (Lipinski definition) is 2. The molecule has 0 aromatic heterocycles. The second kappa shape index (κ2) is 12.5. The summed E-state index contributed by atoms with van der Waals surface area (Å²) in [6.07, 6.45) is 0.625. The lowest BCUT2D eigenvalue weighted by atomic mass is 10.1. The van der Waals surface area contributed by atoms with Gasteiger partial charge < -0.3 is 10.6 Å². The van der Waals surface area contributed by atoms with Crippen LogP contribution in [0.2, 0.25) is 0 Å². The Kier molecular flexibility index (Phi) is 12.1. The quantitative estimate of drug-likeness (QED) is 0.230. The molecule has 1 aromatic rings. The summed E-state index contributed by atoms with van der Waals surface area (Å²) in [5.41, 5.74) is 1.46. The molecule has 0 bridgehead atoms. The van der Waals surface area contributed by atoms with E-state index in [0.717, 1.165) is 5.56 Å². The molecule has 0 heterocycles. The molecule has 0 aliphatic carbocycles. The molecule has 0 amide bonds. The Labute approximate surface area is 180 Å². The van der Waals surface area contributed by atoms with Crippen LogP contribution in [0.3, 0.4) is 0 Å². The van der Waals surface area contributed by atoms with Gasteiger partial charge in [-0.2, -0.15) is 0 Å². The molecule has 0 aliphatic heterocycles. The van der Waals surface area contributed by atoms with E-state index >= 15 is 0 Å². The van der Waals surface area contributed by atoms with Gasteiger partial charge in [-0.1, -0.05) is 12.1 Å². The van der Waals surface area contributed by atoms with Crippen LogP contribution < -0.4 is 10.6 Å². The first-order chi connectivity index (χ1) is 12.2. The molecular formula is C18H32FIN4O2S. The predicted octanol–water partition coefficient (Wildman–Crippen LogP) is 3.04. The third-order valence-electron chi connectivity index (χ3n) is 4.13. The van der Waals surface area contributed by atoms with Crippen LogP contribution in [0.5, 0.6) is 0 Å². The molecule has 2 N–H and O–H groups in total. The van der Waals surface area contributed by atoms with Gasteiger partial charge >= 0.3 is 0 Å². The van der Waals surface area contributed by atoms with Crippen LogP contribution in [-0.4, -0.2) is 51.1 Å². The molecule has 0 saturated carbocycles. The molecule has 0 radical (unpaired) electrons. The summed E-state index contributed by atoms with van der Waals surface area (Å²) in [4.78, 5) is 4.48. The first kappa shape index (κ1) is 26.1. The second-order valence-corrected chi connectivity index (χ2v) is 8.58. The van der Waals surface area contributed by atoms with E-state index in [1.165, 1.54) is 10.4 Å². The Morgan fingerprint density at radius 1 is 1.33 bits per heavy atom. The largest absolute Gasteiger partial charge is 0.357 e. The van der Waals surface area contributed by atoms with Crippen LogP contribution in [0.4, 0.5) is 4.39 Å². The SMILES string of the molecule is CCNC(=NCCCN(C)S(=O)(=O)CC)NC(C)c1ccc(C)c(F)c1.I. The number of nitrogens with zero attached hydrogens (tertiary/aromatic N) is 2. The summed E-state index contributed by atoms with van der Waals surface area (Å²) in [5, 5.41) is 6.40. The van der Waals surface area contributed by atoms with E-state index in [1.54, 1.807) is 27.0 Å². The van der Waals surface area contributed by atoms with Crippen molar-refractivity contribution in [2.45, 2.75) is 40.2 Å². The van der Waals surface area contributed by atoms with Gasteiger partial charge in [0, 0.05) is 26.7 Å². The van der Waals surface area contributed by atoms with Crippen LogP contribution in [0.15, 0.2) is 23.2 Å². The van der Waals surface area contributed by atoms with Gasteiger partial charge in [0.1, 0.15) is 5.82 Å². The van der Waals surface area contributed by atoms with Gasteiger partial charge in [0.05, 0.1) is 11.8 Å². The Balaban J connectivity index is 0.00000676. The van der Waals surface area contributed by atoms with Crippen molar-refractivity contribution in [3.8, 4) is 0 Å². The van der Waals surface area contributed by atoms with E-state index in [2.05, 4.69) is 15.6 Å². The standard InChI is InChI=1S/C18H31FN4O2S.HI/c1-6-20-18(21-11-8-12-23(5)26(24,25)7-2)22-15(4)16-10-9-14(3)17(19)13-16;/h9-10,13,15H,6-8,11-12H2,1-5H3,(H2,20,21,22);1H. The van der Waals surface area contributed by atoms with E-state index in [4.69, 9.17) is 0 Å². The molecule has 156 valence electrons. The highest BCUT2D eigenvalue weighted by Gasteiger charge is 2.14. The number of halogens is 2. The lowest BCUT2D eigenvalue weighted by molar-refractivity contribution is 0.464. The van der Waals surface area contributed by atoms with E-state index in [0.29, 0.717) is 37.6 Å². The zero-order chi connectivity index (χ0) is 19.7. The lowest BCUT2D eigenvalue weighted by Gasteiger charge is -2.19. The molecule has 9 heteroatoms. The van der Waals surface area contributed by atoms with Gasteiger partial charge in [0.2, 0.25) is 10.0 Å². The normalized spacial score (nSPS) is 13.2. The van der Waals surface area contributed by atoms with Crippen molar-refractivity contribution in [3.63, 3.8) is 0 Å². The topological polar surface area (TPSA) is 73.8 Å². The molecule has 0 spiro atoms. The molecular weight excluding hydrogens is 482 g/mol. The molecule has 27 heavy (non-hydrogen) atoms. The molecule has 0 fully saturated rings. The molecule has 1 rings (SSSR count). The van der Waals surface area contributed by atoms with Crippen LogP contribution in [0.1, 0.15) is 44.4 Å². The maximum absolute atomic E-state index is 13.7. The first-order valence-electron chi connectivity index (χ1n) is 8.96. The van der Waals surface area contributed by atoms with E-state index in [-0.39, 0.29) is 41.6 Å². The van der Waals surface area contributed by atoms with Gasteiger partial charge in [0.15, 0.2) is 5.96 Å². The summed E-state index contributed by atoms with van der Waals surface area (Å²) < 4.78 is 38.5. The van der Waals surface area contributed by atoms with Crippen LogP contribution in [0.25, 0.3) is 0 Å². The van der Waals surface area contributed by atoms with Crippen LogP contribution >= 0.6 is 24.0 Å². The Morgan fingerprint density at radius 2 is 2.00 bits per heavy atom. The fraction of sp³-hybridized carbons (Fsp3) is 0.611. The van der Waals surface area contributed by atoms with Gasteiger partial charge in [0.25, 0.3) is 0 Å². The smallest absolute Gasteiger partial charge is 0.213 e. The third kappa shape index (κ3) is 8.73. The van der Waals surface area contributed by atoms with Crippen molar-refractivity contribution < 1.29 is 12.8 Å². The maximum atomic E-state index is 13.7. The molecule has 1 atom stereocenters. The molecule has 6 nitrogen and oxygen atoms in total. The van der Waals surface area contributed by atoms with Crippen molar-refractivity contribution in [2.75, 3.05) is 32.4 Å². The van der Waals surface area contributed by atoms with E-state index in [1.807, 2.05) is 19.9 Å². The Hall–Kier alpha value is -0.940. The number of nitrogens with one attached hydrogen (secondary N) is 2. The Morgan fingerprint density at radius 3 is 2.56 bits per heavy atom. The average molecular weight is 514 g/mol. The number of sulfonamides is 1. The fourth-order valence-electron chi connectivity index (χ4n) is 2.33. The predicted molar refractivity (Wildman–Crippen MR) is 121 cm³/mol. The lowest BCUT2D eigenvalue weighted by Crippen LogP contribution is -2.39. The highest BCUT2D eigenvalue weighted by atomic mass is 127. The van der Waals surface area contributed by atoms with Gasteiger partial charge in [-0.3, -0.25) is 4.99 Å². The minimum atomic E-state index is -3.15. The van der Waals surface area contributed by atoms with Gasteiger partial charge in [-0.15, -0.1) is 24.0 Å². The van der Waals surface area contributed by atoms with Crippen molar-refractivity contribution in [2.24, 2.45) is 4.99 Å². The van der Waals surface area contributed by atoms with Crippen LogP contribution in [-0.2, 0) is 10.0 Å². The average Bonchev–Trinajstić information content (AvgIpc) is 2.60. The summed E-state index contributed by atoms with van der Waals surface area (Å²) >= 11 is 0. The summed E-state index contributed by atoms with van der Waals surface area (Å²) in [5.74, 6) is 0.502. The number of guanidine groups is 1. The van der Waals surface area contributed by atoms with Crippen molar-refractivity contribution in [1.29, 1.82) is 0 Å². The summed E-state index contributed by atoms with van der Waals surface area (Å²) in [6, 6.07) is 5.08. The number of aryl methyl sites for hydroxylation is 1. The number of benzene rings is 1. The zero-order valence-electron chi connectivity index (χ0n) is 16.8. The van der Waals surface area contributed by atoms with Crippen molar-refractivity contribution in [3.05, 3.63) is 35.1 Å². The number of hydrogen-bond acceptors (Lipinski definition) is 3. The molecule has 0 saturated heterocycles. The monoisotopic (exact) mass is 514 g/mol. The van der Waals surface area contributed by atoms with Crippen LogP contribution in [0, 0.1) is 12.7 Å². The highest BCUT2D eigenvalue weighted by molar-refractivity contribution is 14.0. The van der Waals surface area contributed by atoms with Gasteiger partial charge in [-0.05, 0) is 51.3 Å². The second-order valence-electron chi connectivity index (χ2n) is 6.21. The minimum Gasteiger partial charge on any atom is -0.357 e. The highest BCUT2D eigenvalue weighted by Crippen LogP contribution is 2.16. The zero-order valence-corrected chi connectivity index (χ0v) is 19.9. The fourth-order valence-corrected chi connectivity index (χ4v) is 3.18. The van der Waals surface area contributed by atoms with Gasteiger partial charge in [-0.25, -0.2) is 17.1 Å². The Bertz CT molecular complexity index is 713. The first-order valence-corrected chi connectivity index (χ1v) is 10.6. The number of rotatable bonds is 9. The minimum absolute atomic E-state index is 0. The maximum Gasteiger partial charge on any atom is 0.213 e. The molecule has 1 aromatic carbocycles. The van der Waals surface area contributed by atoms with E-state index in [9.17, 15) is 12.8 Å².